The largest absolute Gasteiger partial charge is 0.488 e. The van der Waals surface area contributed by atoms with Crippen molar-refractivity contribution in [2.45, 2.75) is 18.9 Å². The SMILES string of the molecule is CNC1CCCN(C(=O)C2=Cc3cc(Br)ccc3OC2)C1.Cl. The molecule has 1 aromatic carbocycles. The molecule has 120 valence electrons. The molecule has 1 fully saturated rings. The molecular formula is C16H20BrClN2O2. The van der Waals surface area contributed by atoms with Gasteiger partial charge >= 0.3 is 0 Å². The first-order chi connectivity index (χ1) is 10.2. The Kier molecular flexibility index (Phi) is 5.89. The van der Waals surface area contributed by atoms with Crippen LogP contribution in [0.1, 0.15) is 18.4 Å². The molecule has 2 aliphatic heterocycles. The lowest BCUT2D eigenvalue weighted by molar-refractivity contribution is -0.128. The molecule has 0 spiro atoms. The van der Waals surface area contributed by atoms with E-state index in [-0.39, 0.29) is 18.3 Å². The van der Waals surface area contributed by atoms with Gasteiger partial charge in [0.2, 0.25) is 0 Å². The van der Waals surface area contributed by atoms with Crippen molar-refractivity contribution in [3.05, 3.63) is 33.8 Å². The molecule has 22 heavy (non-hydrogen) atoms. The Morgan fingerprint density at radius 2 is 2.27 bits per heavy atom. The van der Waals surface area contributed by atoms with Gasteiger partial charge in [0, 0.05) is 29.2 Å². The Labute approximate surface area is 145 Å². The number of nitrogens with zero attached hydrogens (tertiary/aromatic N) is 1. The van der Waals surface area contributed by atoms with Crippen LogP contribution < -0.4 is 10.1 Å². The number of benzene rings is 1. The zero-order chi connectivity index (χ0) is 14.8. The summed E-state index contributed by atoms with van der Waals surface area (Å²) in [7, 11) is 1.95. The topological polar surface area (TPSA) is 41.6 Å². The van der Waals surface area contributed by atoms with E-state index < -0.39 is 0 Å². The first kappa shape index (κ1) is 17.3. The van der Waals surface area contributed by atoms with E-state index in [2.05, 4.69) is 21.2 Å². The summed E-state index contributed by atoms with van der Waals surface area (Å²) < 4.78 is 6.69. The van der Waals surface area contributed by atoms with Crippen molar-refractivity contribution in [1.29, 1.82) is 0 Å². The lowest BCUT2D eigenvalue weighted by Crippen LogP contribution is -2.47. The maximum Gasteiger partial charge on any atom is 0.253 e. The fourth-order valence-electron chi connectivity index (χ4n) is 2.87. The molecular weight excluding hydrogens is 368 g/mol. The average Bonchev–Trinajstić information content (AvgIpc) is 2.53. The number of fused-ring (bicyclic) bond motifs is 1. The maximum absolute atomic E-state index is 12.6. The molecule has 4 nitrogen and oxygen atoms in total. The molecule has 0 aromatic heterocycles. The number of nitrogens with one attached hydrogen (secondary N) is 1. The van der Waals surface area contributed by atoms with Crippen molar-refractivity contribution in [2.75, 3.05) is 26.7 Å². The molecule has 0 saturated carbocycles. The number of halogens is 2. The van der Waals surface area contributed by atoms with E-state index in [0.29, 0.717) is 12.6 Å². The van der Waals surface area contributed by atoms with Crippen LogP contribution in [0.5, 0.6) is 5.75 Å². The number of likely N-dealkylation sites (N-methyl/N-ethyl adjacent to an activating group) is 1. The number of carbonyl (C=O) groups is 1. The third-order valence-electron chi connectivity index (χ3n) is 4.08. The maximum atomic E-state index is 12.6. The number of rotatable bonds is 2. The van der Waals surface area contributed by atoms with E-state index in [1.807, 2.05) is 36.2 Å². The van der Waals surface area contributed by atoms with Crippen LogP contribution in [0.25, 0.3) is 6.08 Å². The Hall–Kier alpha value is -1.04. The Morgan fingerprint density at radius 3 is 3.05 bits per heavy atom. The van der Waals surface area contributed by atoms with Crippen LogP contribution in [0.4, 0.5) is 0 Å². The van der Waals surface area contributed by atoms with Crippen LogP contribution in [0.2, 0.25) is 0 Å². The van der Waals surface area contributed by atoms with Gasteiger partial charge in [0.15, 0.2) is 0 Å². The molecule has 1 N–H and O–H groups in total. The third kappa shape index (κ3) is 3.65. The Balaban J connectivity index is 0.00000176. The first-order valence-electron chi connectivity index (χ1n) is 7.27. The zero-order valence-corrected chi connectivity index (χ0v) is 14.9. The minimum absolute atomic E-state index is 0. The lowest BCUT2D eigenvalue weighted by Gasteiger charge is -2.33. The van der Waals surface area contributed by atoms with Gasteiger partial charge in [0.05, 0.1) is 5.57 Å². The van der Waals surface area contributed by atoms with Gasteiger partial charge in [-0.05, 0) is 44.2 Å². The summed E-state index contributed by atoms with van der Waals surface area (Å²) in [6, 6.07) is 6.25. The highest BCUT2D eigenvalue weighted by atomic mass is 79.9. The second-order valence-electron chi connectivity index (χ2n) is 5.52. The van der Waals surface area contributed by atoms with E-state index in [1.165, 1.54) is 0 Å². The number of piperidine rings is 1. The molecule has 0 bridgehead atoms. The molecule has 6 heteroatoms. The van der Waals surface area contributed by atoms with Crippen molar-refractivity contribution in [2.24, 2.45) is 0 Å². The van der Waals surface area contributed by atoms with Gasteiger partial charge in [-0.15, -0.1) is 12.4 Å². The van der Waals surface area contributed by atoms with Crippen molar-refractivity contribution in [3.8, 4) is 5.75 Å². The number of hydrogen-bond acceptors (Lipinski definition) is 3. The van der Waals surface area contributed by atoms with Gasteiger partial charge in [-0.2, -0.15) is 0 Å². The molecule has 1 amide bonds. The molecule has 1 atom stereocenters. The van der Waals surface area contributed by atoms with Gasteiger partial charge < -0.3 is 15.0 Å². The third-order valence-corrected chi connectivity index (χ3v) is 4.57. The summed E-state index contributed by atoms with van der Waals surface area (Å²) in [6.45, 7) is 1.96. The molecule has 1 saturated heterocycles. The van der Waals surface area contributed by atoms with Crippen molar-refractivity contribution in [1.82, 2.24) is 10.2 Å². The van der Waals surface area contributed by atoms with Gasteiger partial charge in [-0.1, -0.05) is 15.9 Å². The van der Waals surface area contributed by atoms with Crippen LogP contribution in [0.15, 0.2) is 28.2 Å². The number of ether oxygens (including phenoxy) is 1. The van der Waals surface area contributed by atoms with Crippen molar-refractivity contribution < 1.29 is 9.53 Å². The molecule has 0 radical (unpaired) electrons. The highest BCUT2D eigenvalue weighted by molar-refractivity contribution is 9.10. The molecule has 3 rings (SSSR count). The second-order valence-corrected chi connectivity index (χ2v) is 6.44. The number of likely N-dealkylation sites (tertiary alicyclic amines) is 1. The quantitative estimate of drug-likeness (QED) is 0.848. The van der Waals surface area contributed by atoms with E-state index >= 15 is 0 Å². The van der Waals surface area contributed by atoms with E-state index in [9.17, 15) is 4.79 Å². The normalized spacial score (nSPS) is 20.4. The number of hydrogen-bond donors (Lipinski definition) is 1. The van der Waals surface area contributed by atoms with Crippen LogP contribution in [-0.4, -0.2) is 43.6 Å². The van der Waals surface area contributed by atoms with Gasteiger partial charge in [-0.3, -0.25) is 4.79 Å². The summed E-state index contributed by atoms with van der Waals surface area (Å²) in [5, 5.41) is 3.26. The van der Waals surface area contributed by atoms with E-state index in [0.717, 1.165) is 47.3 Å². The van der Waals surface area contributed by atoms with Crippen LogP contribution >= 0.6 is 28.3 Å². The molecule has 2 heterocycles. The summed E-state index contributed by atoms with van der Waals surface area (Å²) in [5.41, 5.74) is 1.69. The summed E-state index contributed by atoms with van der Waals surface area (Å²) in [5.74, 6) is 0.932. The fraction of sp³-hybridized carbons (Fsp3) is 0.438. The van der Waals surface area contributed by atoms with Gasteiger partial charge in [-0.25, -0.2) is 0 Å². The van der Waals surface area contributed by atoms with E-state index in [1.54, 1.807) is 0 Å². The highest BCUT2D eigenvalue weighted by Gasteiger charge is 2.26. The lowest BCUT2D eigenvalue weighted by atomic mass is 10.0. The standard InChI is InChI=1S/C16H19BrN2O2.ClH/c1-18-14-3-2-6-19(9-14)16(20)12-7-11-8-13(17)4-5-15(11)21-10-12;/h4-5,7-8,14,18H,2-3,6,9-10H2,1H3;1H. The predicted octanol–water partition coefficient (Wildman–Crippen LogP) is 2.86. The number of carbonyl (C=O) groups excluding carboxylic acids is 1. The average molecular weight is 388 g/mol. The molecule has 2 aliphatic rings. The monoisotopic (exact) mass is 386 g/mol. The summed E-state index contributed by atoms with van der Waals surface area (Å²) in [4.78, 5) is 14.6. The second kappa shape index (κ2) is 7.49. The first-order valence-corrected chi connectivity index (χ1v) is 8.06. The van der Waals surface area contributed by atoms with Crippen molar-refractivity contribution in [3.63, 3.8) is 0 Å². The van der Waals surface area contributed by atoms with Gasteiger partial charge in [0.1, 0.15) is 12.4 Å². The Morgan fingerprint density at radius 1 is 1.45 bits per heavy atom. The minimum atomic E-state index is 0. The summed E-state index contributed by atoms with van der Waals surface area (Å²) in [6.07, 6.45) is 4.13. The van der Waals surface area contributed by atoms with Gasteiger partial charge in [0.25, 0.3) is 5.91 Å². The van der Waals surface area contributed by atoms with Crippen LogP contribution in [0.3, 0.4) is 0 Å². The van der Waals surface area contributed by atoms with Crippen molar-refractivity contribution >= 4 is 40.3 Å². The smallest absolute Gasteiger partial charge is 0.253 e. The zero-order valence-electron chi connectivity index (χ0n) is 12.5. The van der Waals surface area contributed by atoms with E-state index in [4.69, 9.17) is 4.74 Å². The summed E-state index contributed by atoms with van der Waals surface area (Å²) >= 11 is 3.45. The predicted molar refractivity (Wildman–Crippen MR) is 93.5 cm³/mol. The fourth-order valence-corrected chi connectivity index (χ4v) is 3.25. The van der Waals surface area contributed by atoms with Crippen LogP contribution in [0, 0.1) is 0 Å². The molecule has 1 unspecified atom stereocenters. The Bertz CT molecular complexity index is 592. The molecule has 0 aliphatic carbocycles. The number of amides is 1. The van der Waals surface area contributed by atoms with Crippen LogP contribution in [-0.2, 0) is 4.79 Å². The minimum Gasteiger partial charge on any atom is -0.488 e. The highest BCUT2D eigenvalue weighted by Crippen LogP contribution is 2.30. The molecule has 1 aromatic rings.